The van der Waals surface area contributed by atoms with Gasteiger partial charge < -0.3 is 14.5 Å². The summed E-state index contributed by atoms with van der Waals surface area (Å²) < 4.78 is 9.93. The average molecular weight is 280 g/mol. The fourth-order valence-electron chi connectivity index (χ4n) is 1.71. The van der Waals surface area contributed by atoms with E-state index in [4.69, 9.17) is 16.0 Å². The van der Waals surface area contributed by atoms with Gasteiger partial charge in [-0.05, 0) is 30.7 Å². The lowest BCUT2D eigenvalue weighted by Crippen LogP contribution is -2.01. The Morgan fingerprint density at radius 3 is 2.84 bits per heavy atom. The SMILES string of the molecule is COC(=O)c1ccc(CNc2c(C)cccc2Cl)o1. The molecule has 100 valence electrons. The van der Waals surface area contributed by atoms with E-state index in [1.807, 2.05) is 25.1 Å². The molecule has 0 amide bonds. The van der Waals surface area contributed by atoms with Crippen molar-refractivity contribution in [2.24, 2.45) is 0 Å². The normalized spacial score (nSPS) is 10.3. The summed E-state index contributed by atoms with van der Waals surface area (Å²) in [6, 6.07) is 8.99. The minimum absolute atomic E-state index is 0.190. The number of nitrogens with one attached hydrogen (secondary N) is 1. The number of aryl methyl sites for hydroxylation is 1. The number of furan rings is 1. The number of para-hydroxylation sites is 1. The fourth-order valence-corrected chi connectivity index (χ4v) is 2.00. The summed E-state index contributed by atoms with van der Waals surface area (Å²) in [6.45, 7) is 2.41. The van der Waals surface area contributed by atoms with Crippen LogP contribution in [0.25, 0.3) is 0 Å². The van der Waals surface area contributed by atoms with Crippen LogP contribution in [-0.4, -0.2) is 13.1 Å². The van der Waals surface area contributed by atoms with E-state index in [-0.39, 0.29) is 5.76 Å². The second-order valence-electron chi connectivity index (χ2n) is 4.04. The van der Waals surface area contributed by atoms with E-state index in [1.54, 1.807) is 12.1 Å². The number of hydrogen-bond donors (Lipinski definition) is 1. The molecule has 0 radical (unpaired) electrons. The number of hydrogen-bond acceptors (Lipinski definition) is 4. The first-order valence-corrected chi connectivity index (χ1v) is 6.15. The number of rotatable bonds is 4. The van der Waals surface area contributed by atoms with Crippen molar-refractivity contribution in [2.75, 3.05) is 12.4 Å². The highest BCUT2D eigenvalue weighted by atomic mass is 35.5. The molecule has 0 saturated heterocycles. The Hall–Kier alpha value is -1.94. The second-order valence-corrected chi connectivity index (χ2v) is 4.45. The number of ether oxygens (including phenoxy) is 1. The quantitative estimate of drug-likeness (QED) is 0.868. The third-order valence-corrected chi connectivity index (χ3v) is 3.02. The molecule has 1 aromatic carbocycles. The van der Waals surface area contributed by atoms with Gasteiger partial charge in [0.05, 0.1) is 24.4 Å². The largest absolute Gasteiger partial charge is 0.463 e. The van der Waals surface area contributed by atoms with Gasteiger partial charge in [0.1, 0.15) is 5.76 Å². The monoisotopic (exact) mass is 279 g/mol. The number of carbonyl (C=O) groups excluding carboxylic acids is 1. The Kier molecular flexibility index (Phi) is 4.12. The highest BCUT2D eigenvalue weighted by molar-refractivity contribution is 6.33. The van der Waals surface area contributed by atoms with Crippen LogP contribution in [0.3, 0.4) is 0 Å². The maximum absolute atomic E-state index is 11.3. The zero-order valence-electron chi connectivity index (χ0n) is 10.7. The van der Waals surface area contributed by atoms with Crippen molar-refractivity contribution in [1.82, 2.24) is 0 Å². The van der Waals surface area contributed by atoms with Gasteiger partial charge >= 0.3 is 5.97 Å². The average Bonchev–Trinajstić information content (AvgIpc) is 2.86. The van der Waals surface area contributed by atoms with Crippen molar-refractivity contribution in [3.05, 3.63) is 52.4 Å². The number of methoxy groups -OCH3 is 1. The van der Waals surface area contributed by atoms with Crippen LogP contribution in [0.4, 0.5) is 5.69 Å². The topological polar surface area (TPSA) is 51.5 Å². The van der Waals surface area contributed by atoms with Crippen molar-refractivity contribution in [3.8, 4) is 0 Å². The molecule has 2 aromatic rings. The predicted molar refractivity (Wildman–Crippen MR) is 73.6 cm³/mol. The Morgan fingerprint density at radius 1 is 1.37 bits per heavy atom. The van der Waals surface area contributed by atoms with Crippen molar-refractivity contribution in [2.45, 2.75) is 13.5 Å². The summed E-state index contributed by atoms with van der Waals surface area (Å²) >= 11 is 6.11. The van der Waals surface area contributed by atoms with E-state index >= 15 is 0 Å². The number of esters is 1. The van der Waals surface area contributed by atoms with Crippen LogP contribution in [0.5, 0.6) is 0 Å². The summed E-state index contributed by atoms with van der Waals surface area (Å²) in [4.78, 5) is 11.3. The predicted octanol–water partition coefficient (Wildman–Crippen LogP) is 3.64. The highest BCUT2D eigenvalue weighted by Gasteiger charge is 2.11. The molecular formula is C14H14ClNO3. The first-order valence-electron chi connectivity index (χ1n) is 5.78. The van der Waals surface area contributed by atoms with Gasteiger partial charge in [0.15, 0.2) is 0 Å². The molecule has 19 heavy (non-hydrogen) atoms. The molecule has 0 fully saturated rings. The van der Waals surface area contributed by atoms with Crippen LogP contribution in [-0.2, 0) is 11.3 Å². The standard InChI is InChI=1S/C14H14ClNO3/c1-9-4-3-5-11(15)13(9)16-8-10-6-7-12(19-10)14(17)18-2/h3-7,16H,8H2,1-2H3. The van der Waals surface area contributed by atoms with Gasteiger partial charge in [0, 0.05) is 0 Å². The fraction of sp³-hybridized carbons (Fsp3) is 0.214. The van der Waals surface area contributed by atoms with Crippen molar-refractivity contribution in [1.29, 1.82) is 0 Å². The zero-order chi connectivity index (χ0) is 13.8. The number of benzene rings is 1. The van der Waals surface area contributed by atoms with Crippen LogP contribution in [0.1, 0.15) is 21.9 Å². The van der Waals surface area contributed by atoms with Crippen molar-refractivity contribution in [3.63, 3.8) is 0 Å². The van der Waals surface area contributed by atoms with E-state index in [1.165, 1.54) is 7.11 Å². The van der Waals surface area contributed by atoms with Crippen molar-refractivity contribution >= 4 is 23.3 Å². The molecule has 1 aromatic heterocycles. The zero-order valence-corrected chi connectivity index (χ0v) is 11.5. The molecule has 4 nitrogen and oxygen atoms in total. The van der Waals surface area contributed by atoms with Gasteiger partial charge in [-0.2, -0.15) is 0 Å². The van der Waals surface area contributed by atoms with E-state index in [0.29, 0.717) is 17.3 Å². The molecule has 5 heteroatoms. The van der Waals surface area contributed by atoms with Gasteiger partial charge in [-0.25, -0.2) is 4.79 Å². The van der Waals surface area contributed by atoms with Gasteiger partial charge in [0.2, 0.25) is 5.76 Å². The Balaban J connectivity index is 2.07. The van der Waals surface area contributed by atoms with Gasteiger partial charge in [-0.3, -0.25) is 0 Å². The third kappa shape index (κ3) is 3.09. The Bertz CT molecular complexity index is 572. The smallest absolute Gasteiger partial charge is 0.373 e. The molecule has 2 rings (SSSR count). The van der Waals surface area contributed by atoms with Crippen LogP contribution in [0.15, 0.2) is 34.7 Å². The summed E-state index contributed by atoms with van der Waals surface area (Å²) in [6.07, 6.45) is 0. The lowest BCUT2D eigenvalue weighted by molar-refractivity contribution is 0.0563. The molecule has 1 N–H and O–H groups in total. The van der Waals surface area contributed by atoms with Crippen LogP contribution < -0.4 is 5.32 Å². The summed E-state index contributed by atoms with van der Waals surface area (Å²) in [5, 5.41) is 3.84. The van der Waals surface area contributed by atoms with Gasteiger partial charge in [-0.15, -0.1) is 0 Å². The molecule has 0 aliphatic rings. The van der Waals surface area contributed by atoms with Crippen LogP contribution >= 0.6 is 11.6 Å². The first-order chi connectivity index (χ1) is 9.11. The minimum Gasteiger partial charge on any atom is -0.463 e. The summed E-state index contributed by atoms with van der Waals surface area (Å²) in [7, 11) is 1.32. The molecule has 0 atom stereocenters. The van der Waals surface area contributed by atoms with Crippen molar-refractivity contribution < 1.29 is 13.9 Å². The second kappa shape index (κ2) is 5.80. The number of carbonyl (C=O) groups is 1. The van der Waals surface area contributed by atoms with Gasteiger partial charge in [0.25, 0.3) is 0 Å². The summed E-state index contributed by atoms with van der Waals surface area (Å²) in [5.41, 5.74) is 1.91. The maximum atomic E-state index is 11.3. The molecule has 1 heterocycles. The summed E-state index contributed by atoms with van der Waals surface area (Å²) in [5.74, 6) is 0.343. The maximum Gasteiger partial charge on any atom is 0.373 e. The van der Waals surface area contributed by atoms with E-state index in [0.717, 1.165) is 11.3 Å². The first kappa shape index (κ1) is 13.5. The van der Waals surface area contributed by atoms with E-state index in [9.17, 15) is 4.79 Å². The molecule has 0 aliphatic carbocycles. The molecule has 0 aliphatic heterocycles. The lowest BCUT2D eigenvalue weighted by Gasteiger charge is -2.09. The molecule has 0 spiro atoms. The highest BCUT2D eigenvalue weighted by Crippen LogP contribution is 2.25. The molecule has 0 bridgehead atoms. The van der Waals surface area contributed by atoms with Crippen LogP contribution in [0, 0.1) is 6.92 Å². The third-order valence-electron chi connectivity index (χ3n) is 2.71. The van der Waals surface area contributed by atoms with E-state index < -0.39 is 5.97 Å². The molecular weight excluding hydrogens is 266 g/mol. The van der Waals surface area contributed by atoms with E-state index in [2.05, 4.69) is 10.1 Å². The Labute approximate surface area is 116 Å². The van der Waals surface area contributed by atoms with Crippen LogP contribution in [0.2, 0.25) is 5.02 Å². The van der Waals surface area contributed by atoms with Gasteiger partial charge in [-0.1, -0.05) is 23.7 Å². The minimum atomic E-state index is -0.486. The lowest BCUT2D eigenvalue weighted by atomic mass is 10.2. The Morgan fingerprint density at radius 2 is 2.16 bits per heavy atom. The molecule has 0 unspecified atom stereocenters. The number of halogens is 1. The molecule has 0 saturated carbocycles. The number of anilines is 1.